The van der Waals surface area contributed by atoms with Crippen LogP contribution in [-0.2, 0) is 6.42 Å². The van der Waals surface area contributed by atoms with Gasteiger partial charge in [-0.2, -0.15) is 9.67 Å². The minimum absolute atomic E-state index is 0.216. The third kappa shape index (κ3) is 1.88. The summed E-state index contributed by atoms with van der Waals surface area (Å²) >= 11 is 0. The molecule has 5 heteroatoms. The lowest BCUT2D eigenvalue weighted by Crippen LogP contribution is -2.04. The first-order valence-corrected chi connectivity index (χ1v) is 5.18. The Morgan fingerprint density at radius 2 is 2.12 bits per heavy atom. The quantitative estimate of drug-likeness (QED) is 0.860. The molecule has 2 rings (SSSR count). The molecule has 0 aliphatic carbocycles. The fourth-order valence-corrected chi connectivity index (χ4v) is 1.50. The first-order chi connectivity index (χ1) is 7.72. The van der Waals surface area contributed by atoms with Gasteiger partial charge in [-0.15, -0.1) is 5.10 Å². The largest absolute Gasteiger partial charge is 0.368 e. The van der Waals surface area contributed by atoms with Crippen molar-refractivity contribution < 1.29 is 4.39 Å². The second-order valence-electron chi connectivity index (χ2n) is 3.50. The van der Waals surface area contributed by atoms with Crippen LogP contribution < -0.4 is 5.73 Å². The zero-order valence-corrected chi connectivity index (χ0v) is 9.02. The second kappa shape index (κ2) is 4.30. The van der Waals surface area contributed by atoms with E-state index in [2.05, 4.69) is 10.1 Å². The average Bonchev–Trinajstić information content (AvgIpc) is 2.61. The summed E-state index contributed by atoms with van der Waals surface area (Å²) in [7, 11) is 0. The van der Waals surface area contributed by atoms with E-state index in [9.17, 15) is 4.39 Å². The molecule has 0 radical (unpaired) electrons. The monoisotopic (exact) mass is 220 g/mol. The Morgan fingerprint density at radius 3 is 2.81 bits per heavy atom. The topological polar surface area (TPSA) is 56.7 Å². The number of nitrogen functional groups attached to an aromatic ring is 1. The number of rotatable bonds is 3. The maximum absolute atomic E-state index is 13.5. The summed E-state index contributed by atoms with van der Waals surface area (Å²) in [5, 5.41) is 4.17. The van der Waals surface area contributed by atoms with Gasteiger partial charge in [0, 0.05) is 6.42 Å². The number of nitrogens with two attached hydrogens (primary N) is 1. The number of hydrogen-bond acceptors (Lipinski definition) is 3. The molecule has 0 aliphatic heterocycles. The van der Waals surface area contributed by atoms with Crippen LogP contribution >= 0.6 is 0 Å². The van der Waals surface area contributed by atoms with Gasteiger partial charge in [0.1, 0.15) is 11.5 Å². The van der Waals surface area contributed by atoms with Gasteiger partial charge < -0.3 is 5.73 Å². The highest BCUT2D eigenvalue weighted by molar-refractivity contribution is 5.38. The predicted octanol–water partition coefficient (Wildman–Crippen LogP) is 1.94. The normalized spacial score (nSPS) is 10.6. The van der Waals surface area contributed by atoms with Crippen LogP contribution in [0.25, 0.3) is 5.69 Å². The van der Waals surface area contributed by atoms with E-state index in [1.807, 2.05) is 6.92 Å². The number of halogens is 1. The highest BCUT2D eigenvalue weighted by Gasteiger charge is 2.11. The number of aryl methyl sites for hydroxylation is 1. The number of para-hydroxylation sites is 1. The van der Waals surface area contributed by atoms with Crippen molar-refractivity contribution in [3.8, 4) is 5.69 Å². The molecule has 2 N–H and O–H groups in total. The number of benzene rings is 1. The molecular weight excluding hydrogens is 207 g/mol. The van der Waals surface area contributed by atoms with Crippen molar-refractivity contribution >= 4 is 5.95 Å². The van der Waals surface area contributed by atoms with Crippen LogP contribution in [0.15, 0.2) is 24.3 Å². The number of nitrogens with zero attached hydrogens (tertiary/aromatic N) is 3. The van der Waals surface area contributed by atoms with E-state index in [0.29, 0.717) is 11.5 Å². The highest BCUT2D eigenvalue weighted by atomic mass is 19.1. The SMILES string of the molecule is CCCc1nc(N)n(-c2ccccc2F)n1. The van der Waals surface area contributed by atoms with Gasteiger partial charge in [-0.25, -0.2) is 4.39 Å². The minimum atomic E-state index is -0.359. The van der Waals surface area contributed by atoms with Crippen molar-refractivity contribution in [2.75, 3.05) is 5.73 Å². The molecule has 0 fully saturated rings. The lowest BCUT2D eigenvalue weighted by Gasteiger charge is -2.02. The summed E-state index contributed by atoms with van der Waals surface area (Å²) in [5.41, 5.74) is 6.02. The molecule has 4 nitrogen and oxygen atoms in total. The molecule has 1 aromatic heterocycles. The Labute approximate surface area is 92.9 Å². The summed E-state index contributed by atoms with van der Waals surface area (Å²) in [5.74, 6) is 0.499. The van der Waals surface area contributed by atoms with Crippen LogP contribution in [0.1, 0.15) is 19.2 Å². The van der Waals surface area contributed by atoms with Crippen LogP contribution in [-0.4, -0.2) is 14.8 Å². The van der Waals surface area contributed by atoms with E-state index in [-0.39, 0.29) is 11.8 Å². The molecule has 1 aromatic carbocycles. The molecule has 0 atom stereocenters. The van der Waals surface area contributed by atoms with Gasteiger partial charge in [-0.3, -0.25) is 0 Å². The number of aromatic nitrogens is 3. The van der Waals surface area contributed by atoms with Gasteiger partial charge in [-0.1, -0.05) is 19.1 Å². The van der Waals surface area contributed by atoms with Gasteiger partial charge in [-0.05, 0) is 18.6 Å². The summed E-state index contributed by atoms with van der Waals surface area (Å²) < 4.78 is 14.8. The Morgan fingerprint density at radius 1 is 1.38 bits per heavy atom. The van der Waals surface area contributed by atoms with E-state index in [4.69, 9.17) is 5.73 Å². The molecule has 1 heterocycles. The van der Waals surface area contributed by atoms with Gasteiger partial charge in [0.05, 0.1) is 0 Å². The van der Waals surface area contributed by atoms with Crippen molar-refractivity contribution in [3.05, 3.63) is 35.9 Å². The fourth-order valence-electron chi connectivity index (χ4n) is 1.50. The molecular formula is C11H13FN4. The van der Waals surface area contributed by atoms with Gasteiger partial charge >= 0.3 is 0 Å². The molecule has 0 aliphatic rings. The van der Waals surface area contributed by atoms with Crippen molar-refractivity contribution in [2.24, 2.45) is 0 Å². The Kier molecular flexibility index (Phi) is 2.85. The third-order valence-electron chi connectivity index (χ3n) is 2.23. The van der Waals surface area contributed by atoms with Crippen LogP contribution in [0.5, 0.6) is 0 Å². The molecule has 0 bridgehead atoms. The van der Waals surface area contributed by atoms with Crippen molar-refractivity contribution in [3.63, 3.8) is 0 Å². The number of anilines is 1. The number of hydrogen-bond donors (Lipinski definition) is 1. The summed E-state index contributed by atoms with van der Waals surface area (Å²) in [6.07, 6.45) is 1.67. The second-order valence-corrected chi connectivity index (χ2v) is 3.50. The summed E-state index contributed by atoms with van der Waals surface area (Å²) in [4.78, 5) is 4.08. The van der Waals surface area contributed by atoms with E-state index in [1.54, 1.807) is 18.2 Å². The molecule has 16 heavy (non-hydrogen) atoms. The molecule has 0 spiro atoms. The van der Waals surface area contributed by atoms with E-state index in [0.717, 1.165) is 12.8 Å². The van der Waals surface area contributed by atoms with E-state index >= 15 is 0 Å². The summed E-state index contributed by atoms with van der Waals surface area (Å²) in [6.45, 7) is 2.03. The van der Waals surface area contributed by atoms with Crippen LogP contribution in [0.2, 0.25) is 0 Å². The molecule has 0 unspecified atom stereocenters. The van der Waals surface area contributed by atoms with Crippen molar-refractivity contribution in [2.45, 2.75) is 19.8 Å². The standard InChI is InChI=1S/C11H13FN4/c1-2-5-10-14-11(13)16(15-10)9-7-4-3-6-8(9)12/h3-4,6-7H,2,5H2,1H3,(H2,13,14,15). The molecule has 84 valence electrons. The first-order valence-electron chi connectivity index (χ1n) is 5.18. The minimum Gasteiger partial charge on any atom is -0.368 e. The average molecular weight is 220 g/mol. The van der Waals surface area contributed by atoms with Gasteiger partial charge in [0.15, 0.2) is 5.82 Å². The van der Waals surface area contributed by atoms with Crippen molar-refractivity contribution in [1.82, 2.24) is 14.8 Å². The third-order valence-corrected chi connectivity index (χ3v) is 2.23. The lowest BCUT2D eigenvalue weighted by molar-refractivity contribution is 0.610. The zero-order chi connectivity index (χ0) is 11.5. The maximum atomic E-state index is 13.5. The zero-order valence-electron chi connectivity index (χ0n) is 9.02. The smallest absolute Gasteiger partial charge is 0.223 e. The molecule has 2 aromatic rings. The van der Waals surface area contributed by atoms with Crippen molar-refractivity contribution in [1.29, 1.82) is 0 Å². The fraction of sp³-hybridized carbons (Fsp3) is 0.273. The lowest BCUT2D eigenvalue weighted by atomic mass is 10.3. The molecule has 0 saturated carbocycles. The predicted molar refractivity (Wildman–Crippen MR) is 59.7 cm³/mol. The van der Waals surface area contributed by atoms with E-state index < -0.39 is 0 Å². The molecule has 0 saturated heterocycles. The summed E-state index contributed by atoms with van der Waals surface area (Å²) in [6, 6.07) is 6.35. The van der Waals surface area contributed by atoms with Gasteiger partial charge in [0.25, 0.3) is 0 Å². The van der Waals surface area contributed by atoms with Crippen LogP contribution in [0.4, 0.5) is 10.3 Å². The van der Waals surface area contributed by atoms with E-state index in [1.165, 1.54) is 10.7 Å². The highest BCUT2D eigenvalue weighted by Crippen LogP contribution is 2.15. The van der Waals surface area contributed by atoms with Crippen LogP contribution in [0, 0.1) is 5.82 Å². The molecule has 0 amide bonds. The maximum Gasteiger partial charge on any atom is 0.223 e. The Bertz CT molecular complexity index is 492. The van der Waals surface area contributed by atoms with Gasteiger partial charge in [0.2, 0.25) is 5.95 Å². The first kappa shape index (κ1) is 10.6. The Hall–Kier alpha value is -1.91. The Balaban J connectivity index is 2.44. The van der Waals surface area contributed by atoms with Crippen LogP contribution in [0.3, 0.4) is 0 Å².